The first-order valence-electron chi connectivity index (χ1n) is 35.3. The van der Waals surface area contributed by atoms with Crippen LogP contribution in [0.15, 0.2) is 369 Å². The number of rotatable bonds is 13. The fourth-order valence-corrected chi connectivity index (χ4v) is 11.9. The van der Waals surface area contributed by atoms with Crippen LogP contribution in [0.1, 0.15) is 30.0 Å². The molecule has 0 saturated carbocycles. The summed E-state index contributed by atoms with van der Waals surface area (Å²) in [5, 5.41) is 6.97. The topological polar surface area (TPSA) is 248 Å². The largest absolute Gasteiger partial charge is 0.656 e. The van der Waals surface area contributed by atoms with E-state index < -0.39 is 5.91 Å². The van der Waals surface area contributed by atoms with Crippen molar-refractivity contribution >= 4 is 65.1 Å². The minimum Gasteiger partial charge on any atom is -0.656 e. The van der Waals surface area contributed by atoms with Crippen LogP contribution >= 0.6 is 20.4 Å². The Morgan fingerprint density at radius 3 is 1.38 bits per heavy atom. The minimum atomic E-state index is -0.475. The Bertz CT molecular complexity index is 5390. The molecule has 1 amide bonds. The second-order valence-corrected chi connectivity index (χ2v) is 25.7. The van der Waals surface area contributed by atoms with Crippen molar-refractivity contribution in [1.29, 1.82) is 0 Å². The van der Waals surface area contributed by atoms with E-state index in [-0.39, 0.29) is 143 Å². The number of hydrogen-bond donors (Lipinski definition) is 0. The summed E-state index contributed by atoms with van der Waals surface area (Å²) in [4.78, 5) is 77.6. The van der Waals surface area contributed by atoms with Crippen molar-refractivity contribution in [2.24, 2.45) is 4.99 Å². The molecule has 12 heterocycles. The molecule has 3 unspecified atom stereocenters. The summed E-state index contributed by atoms with van der Waals surface area (Å²) in [7, 11) is 0.788. The zero-order chi connectivity index (χ0) is 75.9. The van der Waals surface area contributed by atoms with Crippen LogP contribution in [0.4, 0.5) is 0 Å². The zero-order valence-electron chi connectivity index (χ0n) is 62.0. The number of hydrogen-bond acceptors (Lipinski definition) is 14. The summed E-state index contributed by atoms with van der Waals surface area (Å²) in [6, 6.07) is 107. The number of pyridine rings is 6. The Balaban J connectivity index is 0.000000189. The smallest absolute Gasteiger partial charge is 0.166 e. The summed E-state index contributed by atoms with van der Waals surface area (Å²) in [5.41, 5.74) is 15.2. The molecule has 1 aliphatic rings. The van der Waals surface area contributed by atoms with Gasteiger partial charge in [-0.3, -0.25) is 29.9 Å². The fraction of sp³-hybridized carbons (Fsp3) is 0.0444. The van der Waals surface area contributed by atoms with Gasteiger partial charge < -0.3 is 59.6 Å². The van der Waals surface area contributed by atoms with Crippen molar-refractivity contribution in [3.8, 4) is 85.1 Å². The molecule has 3 atom stereocenters. The van der Waals surface area contributed by atoms with E-state index in [9.17, 15) is 4.79 Å². The first kappa shape index (κ1) is 94.1. The molecule has 19 rings (SSSR count). The van der Waals surface area contributed by atoms with Gasteiger partial charge in [0, 0.05) is 168 Å². The average Bonchev–Trinajstić information content (AvgIpc) is 1.65. The molecule has 603 valence electrons. The average molecular weight is 2650 g/mol. The van der Waals surface area contributed by atoms with Gasteiger partial charge in [-0.1, -0.05) is 220 Å². The maximum Gasteiger partial charge on any atom is 0.166 e. The van der Waals surface area contributed by atoms with E-state index in [0.717, 1.165) is 104 Å². The minimum absolute atomic E-state index is 0. The Labute approximate surface area is 769 Å². The summed E-state index contributed by atoms with van der Waals surface area (Å²) >= 11 is 0.564. The van der Waals surface area contributed by atoms with E-state index >= 15 is 0 Å². The third kappa shape index (κ3) is 28.1. The number of aromatic nitrogens is 13. The predicted octanol–water partition coefficient (Wildman–Crippen LogP) is 20.4. The van der Waals surface area contributed by atoms with Crippen LogP contribution in [0.3, 0.4) is 0 Å². The number of amides is 1. The van der Waals surface area contributed by atoms with Gasteiger partial charge in [0.1, 0.15) is 11.7 Å². The van der Waals surface area contributed by atoms with E-state index in [1.807, 2.05) is 212 Å². The molecule has 0 spiro atoms. The molecule has 1 aliphatic heterocycles. The van der Waals surface area contributed by atoms with E-state index in [1.165, 1.54) is 17.1 Å². The van der Waals surface area contributed by atoms with Crippen molar-refractivity contribution in [3.63, 3.8) is 0 Å². The molecule has 0 fully saturated rings. The third-order valence-corrected chi connectivity index (χ3v) is 17.8. The number of carbonyl (C=O) groups is 1. The number of carbonyl (C=O) groups excluding carboxylic acids is 1. The monoisotopic (exact) mass is 2650 g/mol. The van der Waals surface area contributed by atoms with Crippen LogP contribution in [0.25, 0.3) is 122 Å². The predicted molar refractivity (Wildman–Crippen MR) is 444 cm³/mol. The molecule has 0 saturated heterocycles. The zero-order valence-corrected chi connectivity index (χ0v) is 77.6. The number of imidazole rings is 3. The Hall–Kier alpha value is -10.1. The van der Waals surface area contributed by atoms with E-state index in [2.05, 4.69) is 162 Å². The number of nitrogens with zero attached hydrogens (tertiary/aromatic N) is 16. The number of para-hydroxylation sites is 6. The van der Waals surface area contributed by atoms with Gasteiger partial charge in [-0.25, -0.2) is 0 Å². The number of aliphatic imine (C=N–C) groups is 1. The molecule has 18 aromatic rings. The Morgan fingerprint density at radius 1 is 0.436 bits per heavy atom. The summed E-state index contributed by atoms with van der Waals surface area (Å²) in [5.74, 6) is 5.08. The van der Waals surface area contributed by atoms with Crippen molar-refractivity contribution in [3.05, 3.63) is 392 Å². The van der Waals surface area contributed by atoms with Gasteiger partial charge in [0.25, 0.3) is 0 Å². The molecular formula is C90H69IrN16O3PPt5S-6. The molecule has 7 aromatic carbocycles. The SMILES string of the molecule is CC1N=C(c2ccccn2)[N-]C1C.O=C([N-]SOOc1ccccc1)c1ccccn1.[Ir].[Pt].[Pt].[Pt].[Pt].[Pt].[c-]1ccccc1-c1cccc[pH+]1.c1ccc(-c2cc3ccccc3[n-]2)nc1.c1ccc(-c2nc(-c3ccccn3)[n-]c2-c2ccccc2)cc1.c1ccc(-c2nc3ccccc3[n-]2)nc1.c1ccc(-c2nc3ccccc3[n-]2)nc1. The maximum absolute atomic E-state index is 11.5. The second kappa shape index (κ2) is 50.5. The van der Waals surface area contributed by atoms with Gasteiger partial charge in [-0.05, 0) is 189 Å². The van der Waals surface area contributed by atoms with Crippen LogP contribution < -0.4 is 24.8 Å². The molecule has 19 nitrogen and oxygen atoms in total. The van der Waals surface area contributed by atoms with Crippen LogP contribution in [0, 0.1) is 6.07 Å². The molecular weight excluding hydrogens is 2580 g/mol. The first-order chi connectivity index (χ1) is 54.8. The van der Waals surface area contributed by atoms with Crippen LogP contribution in [-0.2, 0) is 130 Å². The van der Waals surface area contributed by atoms with Crippen LogP contribution in [-0.4, -0.2) is 68.7 Å². The van der Waals surface area contributed by atoms with Crippen LogP contribution in [0.5, 0.6) is 5.75 Å². The summed E-state index contributed by atoms with van der Waals surface area (Å²) in [6.45, 7) is 4.15. The molecule has 11 aromatic heterocycles. The standard InChI is InChI=1S/C20H14N3.C13H9N2.2C12H8N3.C12H10N2O3S.C11H8P.C10H12N3.Ir.5Pt/c1-3-9-15(10-4-1)18-19(16-11-5-2-6-12-16)23-20(22-18)17-13-7-8-14-21-17;1-2-6-11-10(5-1)9-13(15-11)12-7-3-4-8-14-12;2*1-2-6-10-9(5-1)14-12(15-10)11-7-3-4-8-13-11;15-12(11-8-4-5-9-13-11)14-18-17-16-10-6-2-1-3-7-10;1-2-6-10(7-3-1)11-8-4-5-9-12-11;1-7-8(2)13-10(12-7)9-5-3-4-6-11-9;;;;;;/h1-14H;1-9H;2*1-8H;1-9H,(H,14,15);1-6,8-9H;3-8H,1-2H3;;;;;;/q4*-1;;2*-1;;;;;;. The molecule has 1 radical (unpaired) electrons. The Kier molecular flexibility index (Phi) is 40.6. The quantitative estimate of drug-likeness (QED) is 0.0260. The summed E-state index contributed by atoms with van der Waals surface area (Å²) in [6.07, 6.45) is 10.3. The molecule has 0 bridgehead atoms. The van der Waals surface area contributed by atoms with Gasteiger partial charge in [0.2, 0.25) is 0 Å². The number of benzene rings is 7. The number of amidine groups is 1. The normalized spacial score (nSPS) is 11.7. The second-order valence-electron chi connectivity index (χ2n) is 24.1. The first-order valence-corrected chi connectivity index (χ1v) is 37.1. The maximum atomic E-state index is 11.5. The van der Waals surface area contributed by atoms with Gasteiger partial charge in [-0.2, -0.15) is 0 Å². The van der Waals surface area contributed by atoms with Crippen LogP contribution in [0.2, 0.25) is 0 Å². The van der Waals surface area contributed by atoms with Gasteiger partial charge in [-0.15, -0.1) is 51.4 Å². The Morgan fingerprint density at radius 2 is 0.897 bits per heavy atom. The molecule has 27 heteroatoms. The fourth-order valence-electron chi connectivity index (χ4n) is 10.7. The van der Waals surface area contributed by atoms with Gasteiger partial charge >= 0.3 is 0 Å². The molecule has 0 N–H and O–H groups in total. The summed E-state index contributed by atoms with van der Waals surface area (Å²) < 4.78 is 8.29. The molecule has 0 aliphatic carbocycles. The van der Waals surface area contributed by atoms with Crippen molar-refractivity contribution < 1.29 is 139 Å². The van der Waals surface area contributed by atoms with E-state index in [4.69, 9.17) is 19.2 Å². The molecule has 117 heavy (non-hydrogen) atoms. The van der Waals surface area contributed by atoms with Crippen molar-refractivity contribution in [1.82, 2.24) is 64.8 Å². The number of fused-ring (bicyclic) bond motifs is 3. The third-order valence-electron chi connectivity index (χ3n) is 16.4. The van der Waals surface area contributed by atoms with Gasteiger partial charge in [0.15, 0.2) is 5.75 Å². The van der Waals surface area contributed by atoms with E-state index in [0.29, 0.717) is 35.5 Å². The van der Waals surface area contributed by atoms with Crippen molar-refractivity contribution in [2.75, 3.05) is 0 Å². The van der Waals surface area contributed by atoms with E-state index in [1.54, 1.807) is 73.4 Å². The van der Waals surface area contributed by atoms with Crippen molar-refractivity contribution in [2.45, 2.75) is 25.9 Å². The van der Waals surface area contributed by atoms with Gasteiger partial charge in [0.05, 0.1) is 42.0 Å².